The summed E-state index contributed by atoms with van der Waals surface area (Å²) in [4.78, 5) is 2.29. The number of ether oxygens (including phenoxy) is 1. The van der Waals surface area contributed by atoms with Crippen LogP contribution < -0.4 is 10.0 Å². The summed E-state index contributed by atoms with van der Waals surface area (Å²) in [7, 11) is -3.45. The van der Waals surface area contributed by atoms with Gasteiger partial charge in [0.05, 0.1) is 11.0 Å². The first-order valence-corrected chi connectivity index (χ1v) is 9.66. The second-order valence-electron chi connectivity index (χ2n) is 5.41. The van der Waals surface area contributed by atoms with E-state index in [0.29, 0.717) is 24.1 Å². The summed E-state index contributed by atoms with van der Waals surface area (Å²) in [6.45, 7) is 7.23. The van der Waals surface area contributed by atoms with Crippen molar-refractivity contribution in [2.24, 2.45) is 0 Å². The lowest BCUT2D eigenvalue weighted by atomic mass is 10.4. The lowest BCUT2D eigenvalue weighted by molar-refractivity contribution is 0.0799. The van der Waals surface area contributed by atoms with E-state index in [0.717, 1.165) is 16.3 Å². The molecule has 7 heteroatoms. The van der Waals surface area contributed by atoms with E-state index in [1.165, 1.54) is 12.8 Å². The molecule has 5 nitrogen and oxygen atoms in total. The molecular formula is C14H24N2O3S2. The lowest BCUT2D eigenvalue weighted by Crippen LogP contribution is -2.32. The van der Waals surface area contributed by atoms with E-state index in [-0.39, 0.29) is 6.10 Å². The molecule has 120 valence electrons. The van der Waals surface area contributed by atoms with E-state index < -0.39 is 10.0 Å². The molecule has 0 aliphatic heterocycles. The standard InChI is InChI=1S/C14H24N2O3S2/c1-4-19-10(2)8-16-21(17,18)14-7-13(20-11(14)3)9-15-12-5-6-12/h7,10,12,15-16H,4-6,8-9H2,1-3H3. The molecule has 1 aromatic heterocycles. The van der Waals surface area contributed by atoms with Gasteiger partial charge in [0.1, 0.15) is 0 Å². The fraction of sp³-hybridized carbons (Fsp3) is 0.714. The number of aryl methyl sites for hydroxylation is 1. The Morgan fingerprint density at radius 3 is 2.81 bits per heavy atom. The Morgan fingerprint density at radius 1 is 1.48 bits per heavy atom. The van der Waals surface area contributed by atoms with Gasteiger partial charge in [-0.2, -0.15) is 0 Å². The summed E-state index contributed by atoms with van der Waals surface area (Å²) in [6.07, 6.45) is 2.33. The summed E-state index contributed by atoms with van der Waals surface area (Å²) < 4.78 is 32.7. The molecule has 0 spiro atoms. The fourth-order valence-corrected chi connectivity index (χ4v) is 4.76. The van der Waals surface area contributed by atoms with Gasteiger partial charge in [-0.1, -0.05) is 0 Å². The first-order chi connectivity index (χ1) is 9.92. The highest BCUT2D eigenvalue weighted by molar-refractivity contribution is 7.89. The van der Waals surface area contributed by atoms with Crippen molar-refractivity contribution in [3.8, 4) is 0 Å². The van der Waals surface area contributed by atoms with Crippen LogP contribution in [0.3, 0.4) is 0 Å². The Labute approximate surface area is 131 Å². The summed E-state index contributed by atoms with van der Waals surface area (Å²) in [5, 5.41) is 3.41. The topological polar surface area (TPSA) is 67.4 Å². The predicted octanol–water partition coefficient (Wildman–Crippen LogP) is 2.01. The maximum Gasteiger partial charge on any atom is 0.241 e. The summed E-state index contributed by atoms with van der Waals surface area (Å²) in [5.74, 6) is 0. The third kappa shape index (κ3) is 5.03. The third-order valence-electron chi connectivity index (χ3n) is 3.37. The van der Waals surface area contributed by atoms with Crippen molar-refractivity contribution >= 4 is 21.4 Å². The monoisotopic (exact) mass is 332 g/mol. The molecule has 1 unspecified atom stereocenters. The Kier molecular flexibility index (Phi) is 5.79. The van der Waals surface area contributed by atoms with Crippen LogP contribution in [-0.4, -0.2) is 33.7 Å². The first kappa shape index (κ1) is 16.9. The minimum Gasteiger partial charge on any atom is -0.377 e. The second kappa shape index (κ2) is 7.19. The SMILES string of the molecule is CCOC(C)CNS(=O)(=O)c1cc(CNC2CC2)sc1C. The van der Waals surface area contributed by atoms with E-state index in [9.17, 15) is 8.42 Å². The van der Waals surface area contributed by atoms with Crippen molar-refractivity contribution in [3.63, 3.8) is 0 Å². The van der Waals surface area contributed by atoms with Crippen LogP contribution in [0, 0.1) is 6.92 Å². The average Bonchev–Trinajstić information content (AvgIpc) is 3.17. The van der Waals surface area contributed by atoms with Crippen LogP contribution in [0.25, 0.3) is 0 Å². The van der Waals surface area contributed by atoms with E-state index in [2.05, 4.69) is 10.0 Å². The molecule has 0 saturated heterocycles. The van der Waals surface area contributed by atoms with Gasteiger partial charge in [-0.05, 0) is 39.7 Å². The number of hydrogen-bond acceptors (Lipinski definition) is 5. The first-order valence-electron chi connectivity index (χ1n) is 7.36. The molecule has 0 radical (unpaired) electrons. The number of rotatable bonds is 9. The molecule has 0 amide bonds. The molecule has 0 bridgehead atoms. The normalized spacial score (nSPS) is 17.1. The fourth-order valence-electron chi connectivity index (χ4n) is 2.06. The molecule has 1 aliphatic carbocycles. The Bertz CT molecular complexity index is 565. The highest BCUT2D eigenvalue weighted by Gasteiger charge is 2.23. The zero-order chi connectivity index (χ0) is 15.5. The molecule has 1 heterocycles. The molecule has 21 heavy (non-hydrogen) atoms. The quantitative estimate of drug-likeness (QED) is 0.726. The molecule has 1 saturated carbocycles. The Morgan fingerprint density at radius 2 is 2.19 bits per heavy atom. The van der Waals surface area contributed by atoms with E-state index in [1.54, 1.807) is 17.4 Å². The van der Waals surface area contributed by atoms with Crippen molar-refractivity contribution in [1.29, 1.82) is 0 Å². The van der Waals surface area contributed by atoms with Crippen LogP contribution in [-0.2, 0) is 21.3 Å². The van der Waals surface area contributed by atoms with Crippen LogP contribution in [0.4, 0.5) is 0 Å². The van der Waals surface area contributed by atoms with Crippen molar-refractivity contribution in [1.82, 2.24) is 10.0 Å². The number of thiophene rings is 1. The van der Waals surface area contributed by atoms with Gasteiger partial charge >= 0.3 is 0 Å². The summed E-state index contributed by atoms with van der Waals surface area (Å²) in [6, 6.07) is 2.40. The van der Waals surface area contributed by atoms with Gasteiger partial charge in [-0.25, -0.2) is 13.1 Å². The van der Waals surface area contributed by atoms with Crippen LogP contribution in [0.2, 0.25) is 0 Å². The average molecular weight is 332 g/mol. The Balaban J connectivity index is 1.97. The highest BCUT2D eigenvalue weighted by Crippen LogP contribution is 2.27. The predicted molar refractivity (Wildman–Crippen MR) is 85.2 cm³/mol. The molecule has 1 atom stereocenters. The lowest BCUT2D eigenvalue weighted by Gasteiger charge is -2.12. The van der Waals surface area contributed by atoms with E-state index >= 15 is 0 Å². The third-order valence-corrected chi connectivity index (χ3v) is 6.10. The minimum absolute atomic E-state index is 0.125. The van der Waals surface area contributed by atoms with Gasteiger partial charge in [0.15, 0.2) is 0 Å². The van der Waals surface area contributed by atoms with Crippen molar-refractivity contribution in [3.05, 3.63) is 15.8 Å². The van der Waals surface area contributed by atoms with Gasteiger partial charge < -0.3 is 10.1 Å². The van der Waals surface area contributed by atoms with Gasteiger partial charge in [0.2, 0.25) is 10.0 Å². The van der Waals surface area contributed by atoms with Crippen molar-refractivity contribution in [2.45, 2.75) is 57.2 Å². The smallest absolute Gasteiger partial charge is 0.241 e. The largest absolute Gasteiger partial charge is 0.377 e. The second-order valence-corrected chi connectivity index (χ2v) is 8.48. The molecule has 1 aromatic rings. The highest BCUT2D eigenvalue weighted by atomic mass is 32.2. The van der Waals surface area contributed by atoms with Gasteiger partial charge in [0.25, 0.3) is 0 Å². The number of nitrogens with one attached hydrogen (secondary N) is 2. The van der Waals surface area contributed by atoms with Crippen LogP contribution in [0.15, 0.2) is 11.0 Å². The molecular weight excluding hydrogens is 308 g/mol. The van der Waals surface area contributed by atoms with Crippen LogP contribution in [0.5, 0.6) is 0 Å². The zero-order valence-electron chi connectivity index (χ0n) is 12.8. The van der Waals surface area contributed by atoms with E-state index in [1.807, 2.05) is 20.8 Å². The van der Waals surface area contributed by atoms with E-state index in [4.69, 9.17) is 4.74 Å². The summed E-state index contributed by atoms with van der Waals surface area (Å²) >= 11 is 1.54. The van der Waals surface area contributed by atoms with Crippen molar-refractivity contribution in [2.75, 3.05) is 13.2 Å². The summed E-state index contributed by atoms with van der Waals surface area (Å²) in [5.41, 5.74) is 0. The van der Waals surface area contributed by atoms with Gasteiger partial charge in [0, 0.05) is 35.5 Å². The maximum atomic E-state index is 12.3. The number of hydrogen-bond donors (Lipinski definition) is 2. The molecule has 1 aliphatic rings. The van der Waals surface area contributed by atoms with Gasteiger partial charge in [-0.3, -0.25) is 0 Å². The zero-order valence-corrected chi connectivity index (χ0v) is 14.4. The molecule has 2 rings (SSSR count). The Hall–Kier alpha value is -0.470. The number of sulfonamides is 1. The maximum absolute atomic E-state index is 12.3. The molecule has 2 N–H and O–H groups in total. The van der Waals surface area contributed by atoms with Gasteiger partial charge in [-0.15, -0.1) is 11.3 Å². The molecule has 1 fully saturated rings. The van der Waals surface area contributed by atoms with Crippen molar-refractivity contribution < 1.29 is 13.2 Å². The van der Waals surface area contributed by atoms with Crippen LogP contribution >= 0.6 is 11.3 Å². The van der Waals surface area contributed by atoms with Crippen LogP contribution in [0.1, 0.15) is 36.4 Å². The molecule has 0 aromatic carbocycles. The minimum atomic E-state index is -3.45.